The number of ether oxygens (including phenoxy) is 1. The Hall–Kier alpha value is -1.31. The van der Waals surface area contributed by atoms with E-state index in [-0.39, 0.29) is 11.4 Å². The van der Waals surface area contributed by atoms with Gasteiger partial charge in [0.15, 0.2) is 5.78 Å². The molecule has 0 bridgehead atoms. The fraction of sp³-hybridized carbons (Fsp3) is 0.632. The SMILES string of the molecule is CCCCCCCCC(=O)c1ccc(OC(C)(C)C)cc1. The van der Waals surface area contributed by atoms with Crippen molar-refractivity contribution in [2.75, 3.05) is 0 Å². The van der Waals surface area contributed by atoms with E-state index in [4.69, 9.17) is 4.74 Å². The minimum atomic E-state index is -0.204. The van der Waals surface area contributed by atoms with E-state index in [0.717, 1.165) is 24.2 Å². The van der Waals surface area contributed by atoms with Crippen molar-refractivity contribution >= 4 is 5.78 Å². The fourth-order valence-electron chi connectivity index (χ4n) is 2.27. The van der Waals surface area contributed by atoms with Gasteiger partial charge in [0.05, 0.1) is 0 Å². The fourth-order valence-corrected chi connectivity index (χ4v) is 2.27. The van der Waals surface area contributed by atoms with Gasteiger partial charge in [-0.2, -0.15) is 0 Å². The highest BCUT2D eigenvalue weighted by Gasteiger charge is 2.12. The van der Waals surface area contributed by atoms with Gasteiger partial charge in [0, 0.05) is 12.0 Å². The zero-order chi connectivity index (χ0) is 15.7. The first kappa shape index (κ1) is 17.7. The van der Waals surface area contributed by atoms with Crippen LogP contribution in [0.15, 0.2) is 24.3 Å². The predicted octanol–water partition coefficient (Wildman–Crippen LogP) is 5.80. The van der Waals surface area contributed by atoms with Crippen LogP contribution in [0.25, 0.3) is 0 Å². The van der Waals surface area contributed by atoms with E-state index in [9.17, 15) is 4.79 Å². The van der Waals surface area contributed by atoms with E-state index in [1.54, 1.807) is 0 Å². The van der Waals surface area contributed by atoms with Gasteiger partial charge < -0.3 is 4.74 Å². The van der Waals surface area contributed by atoms with Crippen molar-refractivity contribution in [2.24, 2.45) is 0 Å². The zero-order valence-electron chi connectivity index (χ0n) is 14.1. The molecular weight excluding hydrogens is 260 g/mol. The maximum absolute atomic E-state index is 12.1. The number of benzene rings is 1. The summed E-state index contributed by atoms with van der Waals surface area (Å²) in [6.45, 7) is 8.27. The quantitative estimate of drug-likeness (QED) is 0.424. The van der Waals surface area contributed by atoms with E-state index >= 15 is 0 Å². The van der Waals surface area contributed by atoms with Crippen LogP contribution in [0.1, 0.15) is 83.0 Å². The molecule has 1 aromatic rings. The second kappa shape index (κ2) is 8.86. The number of Topliss-reactive ketones (excluding diaryl/α,β-unsaturated/α-hetero) is 1. The average Bonchev–Trinajstić information content (AvgIpc) is 2.41. The lowest BCUT2D eigenvalue weighted by atomic mass is 10.0. The maximum Gasteiger partial charge on any atom is 0.162 e. The third kappa shape index (κ3) is 7.89. The zero-order valence-corrected chi connectivity index (χ0v) is 14.1. The molecule has 0 amide bonds. The first-order valence-electron chi connectivity index (χ1n) is 8.24. The van der Waals surface area contributed by atoms with E-state index in [0.29, 0.717) is 6.42 Å². The van der Waals surface area contributed by atoms with E-state index in [1.165, 1.54) is 25.7 Å². The van der Waals surface area contributed by atoms with Crippen LogP contribution in [-0.4, -0.2) is 11.4 Å². The minimum absolute atomic E-state index is 0.204. The molecule has 118 valence electrons. The largest absolute Gasteiger partial charge is 0.488 e. The summed E-state index contributed by atoms with van der Waals surface area (Å²) in [5.74, 6) is 1.06. The molecule has 2 nitrogen and oxygen atoms in total. The first-order chi connectivity index (χ1) is 9.92. The highest BCUT2D eigenvalue weighted by molar-refractivity contribution is 5.96. The smallest absolute Gasteiger partial charge is 0.162 e. The molecule has 0 spiro atoms. The Bertz CT molecular complexity index is 412. The van der Waals surface area contributed by atoms with Crippen LogP contribution < -0.4 is 4.74 Å². The Morgan fingerprint density at radius 2 is 1.52 bits per heavy atom. The second-order valence-corrected chi connectivity index (χ2v) is 6.68. The number of hydrogen-bond acceptors (Lipinski definition) is 2. The Balaban J connectivity index is 2.34. The number of hydrogen-bond donors (Lipinski definition) is 0. The first-order valence-corrected chi connectivity index (χ1v) is 8.24. The molecule has 21 heavy (non-hydrogen) atoms. The third-order valence-corrected chi connectivity index (χ3v) is 3.36. The Morgan fingerprint density at radius 1 is 0.952 bits per heavy atom. The number of unbranched alkanes of at least 4 members (excludes halogenated alkanes) is 5. The topological polar surface area (TPSA) is 26.3 Å². The lowest BCUT2D eigenvalue weighted by Gasteiger charge is -2.21. The van der Waals surface area contributed by atoms with Crippen molar-refractivity contribution in [2.45, 2.75) is 78.2 Å². The minimum Gasteiger partial charge on any atom is -0.488 e. The summed E-state index contributed by atoms with van der Waals surface area (Å²) >= 11 is 0. The van der Waals surface area contributed by atoms with Crippen LogP contribution in [-0.2, 0) is 0 Å². The van der Waals surface area contributed by atoms with Crippen molar-refractivity contribution in [1.29, 1.82) is 0 Å². The summed E-state index contributed by atoms with van der Waals surface area (Å²) in [7, 11) is 0. The molecule has 0 heterocycles. The number of carbonyl (C=O) groups is 1. The Labute approximate surface area is 129 Å². The predicted molar refractivity (Wildman–Crippen MR) is 89.1 cm³/mol. The van der Waals surface area contributed by atoms with E-state index in [1.807, 2.05) is 45.0 Å². The van der Waals surface area contributed by atoms with Gasteiger partial charge in [0.25, 0.3) is 0 Å². The van der Waals surface area contributed by atoms with Crippen LogP contribution in [0.3, 0.4) is 0 Å². The van der Waals surface area contributed by atoms with Gasteiger partial charge in [0.2, 0.25) is 0 Å². The van der Waals surface area contributed by atoms with Crippen LogP contribution >= 0.6 is 0 Å². The molecule has 0 aromatic heterocycles. The van der Waals surface area contributed by atoms with Gasteiger partial charge >= 0.3 is 0 Å². The molecule has 0 N–H and O–H groups in total. The molecule has 0 atom stereocenters. The highest BCUT2D eigenvalue weighted by atomic mass is 16.5. The summed E-state index contributed by atoms with van der Waals surface area (Å²) in [6, 6.07) is 7.53. The molecule has 0 saturated heterocycles. The molecule has 0 radical (unpaired) electrons. The van der Waals surface area contributed by atoms with Gasteiger partial charge in [0.1, 0.15) is 11.4 Å². The molecular formula is C19H30O2. The number of carbonyl (C=O) groups excluding carboxylic acids is 1. The van der Waals surface area contributed by atoms with Crippen molar-refractivity contribution in [3.05, 3.63) is 29.8 Å². The average molecular weight is 290 g/mol. The van der Waals surface area contributed by atoms with Gasteiger partial charge in [-0.1, -0.05) is 39.0 Å². The molecule has 0 aliphatic heterocycles. The van der Waals surface area contributed by atoms with Crippen molar-refractivity contribution < 1.29 is 9.53 Å². The van der Waals surface area contributed by atoms with Crippen molar-refractivity contribution in [3.63, 3.8) is 0 Å². The summed E-state index contributed by atoms with van der Waals surface area (Å²) in [6.07, 6.45) is 7.94. The molecule has 2 heteroatoms. The highest BCUT2D eigenvalue weighted by Crippen LogP contribution is 2.19. The van der Waals surface area contributed by atoms with E-state index in [2.05, 4.69) is 6.92 Å². The van der Waals surface area contributed by atoms with Gasteiger partial charge in [-0.3, -0.25) is 4.79 Å². The molecule has 1 rings (SSSR count). The lowest BCUT2D eigenvalue weighted by molar-refractivity contribution is 0.0979. The molecule has 0 aliphatic carbocycles. The molecule has 0 fully saturated rings. The molecule has 0 aliphatic rings. The maximum atomic E-state index is 12.1. The van der Waals surface area contributed by atoms with E-state index < -0.39 is 0 Å². The standard InChI is InChI=1S/C19H30O2/c1-5-6-7-8-9-10-11-18(20)16-12-14-17(15-13-16)21-19(2,3)4/h12-15H,5-11H2,1-4H3. The van der Waals surface area contributed by atoms with Gasteiger partial charge in [-0.25, -0.2) is 0 Å². The normalized spacial score (nSPS) is 11.4. The molecule has 0 saturated carbocycles. The van der Waals surface area contributed by atoms with Crippen LogP contribution in [0.2, 0.25) is 0 Å². The van der Waals surface area contributed by atoms with Crippen LogP contribution in [0.5, 0.6) is 5.75 Å². The monoisotopic (exact) mass is 290 g/mol. The lowest BCUT2D eigenvalue weighted by Crippen LogP contribution is -2.22. The van der Waals surface area contributed by atoms with Crippen molar-refractivity contribution in [1.82, 2.24) is 0 Å². The summed E-state index contributed by atoms with van der Waals surface area (Å²) in [4.78, 5) is 12.1. The summed E-state index contributed by atoms with van der Waals surface area (Å²) < 4.78 is 5.76. The summed E-state index contributed by atoms with van der Waals surface area (Å²) in [5.41, 5.74) is 0.592. The Kier molecular flexibility index (Phi) is 7.49. The van der Waals surface area contributed by atoms with Gasteiger partial charge in [-0.15, -0.1) is 0 Å². The molecule has 0 unspecified atom stereocenters. The molecule has 1 aromatic carbocycles. The van der Waals surface area contributed by atoms with Gasteiger partial charge in [-0.05, 0) is 51.5 Å². The summed E-state index contributed by atoms with van der Waals surface area (Å²) in [5, 5.41) is 0. The third-order valence-electron chi connectivity index (χ3n) is 3.36. The number of rotatable bonds is 9. The van der Waals surface area contributed by atoms with Crippen LogP contribution in [0, 0.1) is 0 Å². The second-order valence-electron chi connectivity index (χ2n) is 6.68. The van der Waals surface area contributed by atoms with Crippen LogP contribution in [0.4, 0.5) is 0 Å². The number of ketones is 1. The van der Waals surface area contributed by atoms with Crippen molar-refractivity contribution in [3.8, 4) is 5.75 Å². The Morgan fingerprint density at radius 3 is 2.10 bits per heavy atom.